The second-order valence-electron chi connectivity index (χ2n) is 6.87. The first-order valence-corrected chi connectivity index (χ1v) is 9.81. The van der Waals surface area contributed by atoms with Gasteiger partial charge in [0, 0.05) is 17.7 Å². The van der Waals surface area contributed by atoms with Crippen molar-refractivity contribution in [3.05, 3.63) is 108 Å². The SMILES string of the molecule is O=C(NCCc1ccc(OCc2ccccc2)cc1)c1ccc(-c2cnco2)cc1. The number of carbonyl (C=O) groups excluding carboxylic acids is 1. The summed E-state index contributed by atoms with van der Waals surface area (Å²) in [6, 6.07) is 25.3. The molecule has 1 N–H and O–H groups in total. The number of nitrogens with zero attached hydrogens (tertiary/aromatic N) is 1. The quantitative estimate of drug-likeness (QED) is 0.459. The third kappa shape index (κ3) is 5.14. The zero-order valence-electron chi connectivity index (χ0n) is 16.5. The number of carbonyl (C=O) groups is 1. The van der Waals surface area contributed by atoms with Gasteiger partial charge in [-0.1, -0.05) is 54.6 Å². The van der Waals surface area contributed by atoms with Gasteiger partial charge in [0.1, 0.15) is 12.4 Å². The van der Waals surface area contributed by atoms with Gasteiger partial charge in [-0.25, -0.2) is 4.98 Å². The Morgan fingerprint density at radius 1 is 0.900 bits per heavy atom. The van der Waals surface area contributed by atoms with Gasteiger partial charge in [0.05, 0.1) is 6.20 Å². The number of aromatic nitrogens is 1. The van der Waals surface area contributed by atoms with E-state index in [4.69, 9.17) is 9.15 Å². The van der Waals surface area contributed by atoms with Crippen LogP contribution in [-0.2, 0) is 13.0 Å². The number of ether oxygens (including phenoxy) is 1. The van der Waals surface area contributed by atoms with E-state index in [1.165, 1.54) is 6.39 Å². The normalized spacial score (nSPS) is 10.5. The van der Waals surface area contributed by atoms with E-state index in [0.717, 1.165) is 28.9 Å². The van der Waals surface area contributed by atoms with Crippen LogP contribution in [0.3, 0.4) is 0 Å². The molecule has 0 spiro atoms. The van der Waals surface area contributed by atoms with Crippen LogP contribution in [0, 0.1) is 0 Å². The average molecular weight is 398 g/mol. The number of nitrogens with one attached hydrogen (secondary N) is 1. The highest BCUT2D eigenvalue weighted by Crippen LogP contribution is 2.19. The molecular weight excluding hydrogens is 376 g/mol. The zero-order chi connectivity index (χ0) is 20.6. The number of oxazole rings is 1. The van der Waals surface area contributed by atoms with Crippen molar-refractivity contribution >= 4 is 5.91 Å². The largest absolute Gasteiger partial charge is 0.489 e. The number of hydrogen-bond acceptors (Lipinski definition) is 4. The molecule has 3 aromatic carbocycles. The predicted octanol–water partition coefficient (Wildman–Crippen LogP) is 4.89. The monoisotopic (exact) mass is 398 g/mol. The summed E-state index contributed by atoms with van der Waals surface area (Å²) in [6.45, 7) is 1.11. The summed E-state index contributed by atoms with van der Waals surface area (Å²) in [7, 11) is 0. The molecule has 0 atom stereocenters. The Morgan fingerprint density at radius 3 is 2.37 bits per heavy atom. The number of amides is 1. The van der Waals surface area contributed by atoms with Crippen LogP contribution >= 0.6 is 0 Å². The lowest BCUT2D eigenvalue weighted by atomic mass is 10.1. The molecule has 0 unspecified atom stereocenters. The lowest BCUT2D eigenvalue weighted by Crippen LogP contribution is -2.25. The molecule has 0 aliphatic carbocycles. The fourth-order valence-corrected chi connectivity index (χ4v) is 3.06. The molecule has 5 nitrogen and oxygen atoms in total. The highest BCUT2D eigenvalue weighted by Gasteiger charge is 2.07. The fraction of sp³-hybridized carbons (Fsp3) is 0.120. The van der Waals surface area contributed by atoms with Crippen LogP contribution in [0.2, 0.25) is 0 Å². The average Bonchev–Trinajstić information content (AvgIpc) is 3.34. The summed E-state index contributed by atoms with van der Waals surface area (Å²) >= 11 is 0. The van der Waals surface area contributed by atoms with Crippen molar-refractivity contribution < 1.29 is 13.9 Å². The minimum absolute atomic E-state index is 0.0954. The number of hydrogen-bond donors (Lipinski definition) is 1. The van der Waals surface area contributed by atoms with Crippen LogP contribution in [0.5, 0.6) is 5.75 Å². The van der Waals surface area contributed by atoms with Gasteiger partial charge < -0.3 is 14.5 Å². The maximum atomic E-state index is 12.3. The predicted molar refractivity (Wildman–Crippen MR) is 115 cm³/mol. The van der Waals surface area contributed by atoms with Gasteiger partial charge in [0.15, 0.2) is 12.2 Å². The lowest BCUT2D eigenvalue weighted by molar-refractivity contribution is 0.0954. The van der Waals surface area contributed by atoms with Crippen molar-refractivity contribution in [2.45, 2.75) is 13.0 Å². The molecule has 0 aliphatic heterocycles. The Morgan fingerprint density at radius 2 is 1.67 bits per heavy atom. The Labute approximate surface area is 175 Å². The van der Waals surface area contributed by atoms with E-state index in [1.54, 1.807) is 18.3 Å². The molecule has 0 saturated heterocycles. The van der Waals surface area contributed by atoms with Gasteiger partial charge in [-0.3, -0.25) is 4.79 Å². The molecule has 30 heavy (non-hydrogen) atoms. The van der Waals surface area contributed by atoms with Gasteiger partial charge in [0.25, 0.3) is 5.91 Å². The summed E-state index contributed by atoms with van der Waals surface area (Å²) in [5.41, 5.74) is 3.78. The van der Waals surface area contributed by atoms with Gasteiger partial charge in [-0.05, 0) is 41.8 Å². The number of rotatable bonds is 8. The summed E-state index contributed by atoms with van der Waals surface area (Å²) in [4.78, 5) is 16.2. The molecule has 150 valence electrons. The van der Waals surface area contributed by atoms with E-state index in [-0.39, 0.29) is 5.91 Å². The molecular formula is C25H22N2O3. The molecule has 1 amide bonds. The van der Waals surface area contributed by atoms with Crippen molar-refractivity contribution in [2.75, 3.05) is 6.54 Å². The smallest absolute Gasteiger partial charge is 0.251 e. The van der Waals surface area contributed by atoms with Crippen molar-refractivity contribution in [3.63, 3.8) is 0 Å². The highest BCUT2D eigenvalue weighted by atomic mass is 16.5. The van der Waals surface area contributed by atoms with E-state index in [9.17, 15) is 4.79 Å². The Balaban J connectivity index is 1.23. The Bertz CT molecular complexity index is 1060. The van der Waals surface area contributed by atoms with Crippen molar-refractivity contribution in [3.8, 4) is 17.1 Å². The Kier molecular flexibility index (Phi) is 6.20. The molecule has 1 heterocycles. The summed E-state index contributed by atoms with van der Waals surface area (Å²) in [5.74, 6) is 1.42. The standard InChI is InChI=1S/C25H22N2O3/c28-25(22-10-8-21(9-11-22)24-16-26-18-30-24)27-15-14-19-6-12-23(13-7-19)29-17-20-4-2-1-3-5-20/h1-13,16,18H,14-15,17H2,(H,27,28). The summed E-state index contributed by atoms with van der Waals surface area (Å²) in [5, 5.41) is 2.96. The molecule has 4 rings (SSSR count). The molecule has 0 radical (unpaired) electrons. The zero-order valence-corrected chi connectivity index (χ0v) is 16.5. The minimum atomic E-state index is -0.0954. The summed E-state index contributed by atoms with van der Waals surface area (Å²) < 4.78 is 11.1. The van der Waals surface area contributed by atoms with Gasteiger partial charge in [-0.15, -0.1) is 0 Å². The van der Waals surface area contributed by atoms with Crippen molar-refractivity contribution in [1.29, 1.82) is 0 Å². The maximum Gasteiger partial charge on any atom is 0.251 e. The number of benzene rings is 3. The van der Waals surface area contributed by atoms with Crippen LogP contribution in [0.1, 0.15) is 21.5 Å². The van der Waals surface area contributed by atoms with Crippen molar-refractivity contribution in [2.24, 2.45) is 0 Å². The Hall–Kier alpha value is -3.86. The van der Waals surface area contributed by atoms with Crippen LogP contribution in [0.15, 0.2) is 95.9 Å². The first kappa shape index (κ1) is 19.5. The molecule has 0 aliphatic rings. The maximum absolute atomic E-state index is 12.3. The van der Waals surface area contributed by atoms with Crippen molar-refractivity contribution in [1.82, 2.24) is 10.3 Å². The third-order valence-corrected chi connectivity index (χ3v) is 4.73. The van der Waals surface area contributed by atoms with E-state index < -0.39 is 0 Å². The van der Waals surface area contributed by atoms with Gasteiger partial charge in [0.2, 0.25) is 0 Å². The minimum Gasteiger partial charge on any atom is -0.489 e. The first-order chi connectivity index (χ1) is 14.8. The molecule has 4 aromatic rings. The van der Waals surface area contributed by atoms with Crippen LogP contribution < -0.4 is 10.1 Å². The third-order valence-electron chi connectivity index (χ3n) is 4.73. The molecule has 0 bridgehead atoms. The van der Waals surface area contributed by atoms with E-state index in [1.807, 2.05) is 66.7 Å². The molecule has 0 fully saturated rings. The second kappa shape index (κ2) is 9.56. The highest BCUT2D eigenvalue weighted by molar-refractivity contribution is 5.94. The lowest BCUT2D eigenvalue weighted by Gasteiger charge is -2.08. The van der Waals surface area contributed by atoms with Gasteiger partial charge in [-0.2, -0.15) is 0 Å². The molecule has 0 saturated carbocycles. The topological polar surface area (TPSA) is 64.4 Å². The molecule has 1 aromatic heterocycles. The molecule has 5 heteroatoms. The van der Waals surface area contributed by atoms with E-state index in [2.05, 4.69) is 10.3 Å². The van der Waals surface area contributed by atoms with E-state index in [0.29, 0.717) is 24.5 Å². The summed E-state index contributed by atoms with van der Waals surface area (Å²) in [6.07, 6.45) is 3.78. The van der Waals surface area contributed by atoms with E-state index >= 15 is 0 Å². The fourth-order valence-electron chi connectivity index (χ4n) is 3.06. The first-order valence-electron chi connectivity index (χ1n) is 9.81. The van der Waals surface area contributed by atoms with Crippen LogP contribution in [0.4, 0.5) is 0 Å². The second-order valence-corrected chi connectivity index (χ2v) is 6.87. The van der Waals surface area contributed by atoms with Gasteiger partial charge >= 0.3 is 0 Å². The van der Waals surface area contributed by atoms with Crippen LogP contribution in [0.25, 0.3) is 11.3 Å². The van der Waals surface area contributed by atoms with Crippen LogP contribution in [-0.4, -0.2) is 17.4 Å².